The van der Waals surface area contributed by atoms with Crippen molar-refractivity contribution in [1.29, 1.82) is 0 Å². The van der Waals surface area contributed by atoms with E-state index in [2.05, 4.69) is 25.6 Å². The molecular weight excluding hydrogens is 316 g/mol. The van der Waals surface area contributed by atoms with Gasteiger partial charge < -0.3 is 10.6 Å². The monoisotopic (exact) mass is 334 g/mol. The summed E-state index contributed by atoms with van der Waals surface area (Å²) in [6.45, 7) is 3.33. The summed E-state index contributed by atoms with van der Waals surface area (Å²) >= 11 is 0. The van der Waals surface area contributed by atoms with Crippen molar-refractivity contribution in [3.63, 3.8) is 0 Å². The van der Waals surface area contributed by atoms with Crippen molar-refractivity contribution in [3.05, 3.63) is 53.3 Å². The van der Waals surface area contributed by atoms with E-state index in [0.29, 0.717) is 16.9 Å². The van der Waals surface area contributed by atoms with E-state index < -0.39 is 0 Å². The molecule has 126 valence electrons. The summed E-state index contributed by atoms with van der Waals surface area (Å²) in [6, 6.07) is 11.4. The minimum Gasteiger partial charge on any atom is -0.373 e. The predicted octanol–water partition coefficient (Wildman–Crippen LogP) is 1.95. The average molecular weight is 334 g/mol. The molecule has 7 nitrogen and oxygen atoms in total. The number of aryl methyl sites for hydroxylation is 1. The van der Waals surface area contributed by atoms with Crippen LogP contribution in [0.3, 0.4) is 0 Å². The standard InChI is InChI=1S/C18H18N6O/c1-11-12(7-8-15(19-2)21-11)17(25)23-18-22-14-6-4-3-5-13(14)16-20-9-10-24(16)18/h3-8,20H,9-10H2,1-2H3,(H,19,21). The van der Waals surface area contributed by atoms with Gasteiger partial charge in [-0.25, -0.2) is 9.97 Å². The fourth-order valence-electron chi connectivity index (χ4n) is 3.04. The van der Waals surface area contributed by atoms with Gasteiger partial charge in [-0.15, -0.1) is 0 Å². The summed E-state index contributed by atoms with van der Waals surface area (Å²) < 4.78 is 1.95. The second-order valence-corrected chi connectivity index (χ2v) is 5.85. The molecule has 3 aromatic rings. The van der Waals surface area contributed by atoms with Crippen LogP contribution in [0.4, 0.5) is 11.6 Å². The van der Waals surface area contributed by atoms with Crippen molar-refractivity contribution in [2.45, 2.75) is 13.5 Å². The smallest absolute Gasteiger partial charge is 0.282 e. The van der Waals surface area contributed by atoms with E-state index >= 15 is 0 Å². The van der Waals surface area contributed by atoms with Gasteiger partial charge in [-0.05, 0) is 31.2 Å². The SMILES string of the molecule is CNc1ccc(C(=O)N=c2nc3ccccc3c3n2CCN3)c(C)n1. The Hall–Kier alpha value is -3.22. The zero-order valence-corrected chi connectivity index (χ0v) is 14.1. The molecule has 0 unspecified atom stereocenters. The van der Waals surface area contributed by atoms with Crippen LogP contribution in [0.5, 0.6) is 0 Å². The number of amides is 1. The summed E-state index contributed by atoms with van der Waals surface area (Å²) in [5.41, 5.74) is 2.35. The minimum atomic E-state index is -0.336. The molecule has 0 aliphatic carbocycles. The van der Waals surface area contributed by atoms with Gasteiger partial charge >= 0.3 is 0 Å². The highest BCUT2D eigenvalue weighted by molar-refractivity contribution is 5.96. The van der Waals surface area contributed by atoms with E-state index in [0.717, 1.165) is 35.6 Å². The summed E-state index contributed by atoms with van der Waals surface area (Å²) in [5.74, 6) is 1.34. The Morgan fingerprint density at radius 1 is 1.24 bits per heavy atom. The molecule has 0 radical (unpaired) electrons. The highest BCUT2D eigenvalue weighted by Gasteiger charge is 2.16. The first-order valence-electron chi connectivity index (χ1n) is 8.15. The van der Waals surface area contributed by atoms with Crippen molar-refractivity contribution in [2.75, 3.05) is 24.2 Å². The normalized spacial score (nSPS) is 13.6. The van der Waals surface area contributed by atoms with Gasteiger partial charge in [0.1, 0.15) is 11.6 Å². The number of fused-ring (bicyclic) bond motifs is 3. The number of nitrogens with one attached hydrogen (secondary N) is 2. The van der Waals surface area contributed by atoms with Crippen molar-refractivity contribution < 1.29 is 4.79 Å². The van der Waals surface area contributed by atoms with Crippen molar-refractivity contribution in [2.24, 2.45) is 4.99 Å². The Kier molecular flexibility index (Phi) is 3.68. The average Bonchev–Trinajstić information content (AvgIpc) is 3.12. The van der Waals surface area contributed by atoms with Gasteiger partial charge in [0.05, 0.1) is 16.8 Å². The molecule has 3 heterocycles. The summed E-state index contributed by atoms with van der Waals surface area (Å²) in [7, 11) is 1.79. The molecule has 25 heavy (non-hydrogen) atoms. The van der Waals surface area contributed by atoms with Crippen LogP contribution in [0.2, 0.25) is 0 Å². The summed E-state index contributed by atoms with van der Waals surface area (Å²) in [6.07, 6.45) is 0. The molecule has 1 aliphatic rings. The molecule has 0 spiro atoms. The first-order chi connectivity index (χ1) is 12.2. The van der Waals surface area contributed by atoms with Crippen LogP contribution in [-0.2, 0) is 6.54 Å². The lowest BCUT2D eigenvalue weighted by Gasteiger charge is -2.08. The molecule has 1 aliphatic heterocycles. The van der Waals surface area contributed by atoms with Gasteiger partial charge in [0.2, 0.25) is 5.62 Å². The first-order valence-corrected chi connectivity index (χ1v) is 8.15. The van der Waals surface area contributed by atoms with Crippen LogP contribution in [0.25, 0.3) is 10.9 Å². The number of carbonyl (C=O) groups excluding carboxylic acids is 1. The van der Waals surface area contributed by atoms with Crippen LogP contribution in [-0.4, -0.2) is 34.0 Å². The highest BCUT2D eigenvalue weighted by atomic mass is 16.1. The Bertz CT molecular complexity index is 1050. The fourth-order valence-corrected chi connectivity index (χ4v) is 3.04. The van der Waals surface area contributed by atoms with Crippen LogP contribution in [0.1, 0.15) is 16.1 Å². The number of hydrogen-bond donors (Lipinski definition) is 2. The van der Waals surface area contributed by atoms with Crippen molar-refractivity contribution >= 4 is 28.4 Å². The number of carbonyl (C=O) groups is 1. The second kappa shape index (κ2) is 6.01. The molecule has 7 heteroatoms. The minimum absolute atomic E-state index is 0.336. The fraction of sp³-hybridized carbons (Fsp3) is 0.222. The van der Waals surface area contributed by atoms with Crippen LogP contribution in [0.15, 0.2) is 41.4 Å². The molecule has 2 N–H and O–H groups in total. The third kappa shape index (κ3) is 2.63. The maximum Gasteiger partial charge on any atom is 0.282 e. The van der Waals surface area contributed by atoms with Crippen LogP contribution >= 0.6 is 0 Å². The largest absolute Gasteiger partial charge is 0.373 e. The topological polar surface area (TPSA) is 84.2 Å². The maximum absolute atomic E-state index is 12.7. The first kappa shape index (κ1) is 15.3. The van der Waals surface area contributed by atoms with E-state index in [4.69, 9.17) is 0 Å². The molecule has 0 bridgehead atoms. The number of rotatable bonds is 2. The number of para-hydroxylation sites is 1. The van der Waals surface area contributed by atoms with E-state index in [1.807, 2.05) is 28.8 Å². The Morgan fingerprint density at radius 2 is 2.08 bits per heavy atom. The molecule has 0 saturated carbocycles. The van der Waals surface area contributed by atoms with Gasteiger partial charge in [0.25, 0.3) is 5.91 Å². The van der Waals surface area contributed by atoms with Gasteiger partial charge in [-0.2, -0.15) is 4.99 Å². The number of benzene rings is 1. The third-order valence-electron chi connectivity index (χ3n) is 4.29. The number of pyridine rings is 1. The van der Waals surface area contributed by atoms with Crippen molar-refractivity contribution in [3.8, 4) is 0 Å². The van der Waals surface area contributed by atoms with E-state index in [-0.39, 0.29) is 5.91 Å². The lowest BCUT2D eigenvalue weighted by molar-refractivity contribution is 0.0995. The van der Waals surface area contributed by atoms with Crippen LogP contribution in [0, 0.1) is 6.92 Å². The van der Waals surface area contributed by atoms with Gasteiger partial charge in [-0.3, -0.25) is 9.36 Å². The summed E-state index contributed by atoms with van der Waals surface area (Å²) in [4.78, 5) is 25.9. The predicted molar refractivity (Wildman–Crippen MR) is 96.6 cm³/mol. The highest BCUT2D eigenvalue weighted by Crippen LogP contribution is 2.22. The molecule has 0 atom stereocenters. The summed E-state index contributed by atoms with van der Waals surface area (Å²) in [5, 5.41) is 7.34. The quantitative estimate of drug-likeness (QED) is 0.748. The lowest BCUT2D eigenvalue weighted by Crippen LogP contribution is -2.25. The lowest BCUT2D eigenvalue weighted by atomic mass is 10.2. The Morgan fingerprint density at radius 3 is 2.88 bits per heavy atom. The molecule has 2 aromatic heterocycles. The van der Waals surface area contributed by atoms with E-state index in [1.165, 1.54) is 0 Å². The molecular formula is C18H18N6O. The van der Waals surface area contributed by atoms with Gasteiger partial charge in [0.15, 0.2) is 0 Å². The number of hydrogen-bond acceptors (Lipinski definition) is 5. The Balaban J connectivity index is 1.86. The molecule has 0 saturated heterocycles. The van der Waals surface area contributed by atoms with E-state index in [1.54, 1.807) is 26.1 Å². The molecule has 0 fully saturated rings. The second-order valence-electron chi connectivity index (χ2n) is 5.85. The zero-order valence-electron chi connectivity index (χ0n) is 14.1. The molecule has 1 amide bonds. The van der Waals surface area contributed by atoms with Gasteiger partial charge in [-0.1, -0.05) is 12.1 Å². The number of nitrogens with zero attached hydrogens (tertiary/aromatic N) is 4. The maximum atomic E-state index is 12.7. The zero-order chi connectivity index (χ0) is 17.4. The van der Waals surface area contributed by atoms with Crippen molar-refractivity contribution in [1.82, 2.24) is 14.5 Å². The number of aromatic nitrogens is 3. The number of anilines is 2. The molecule has 1 aromatic carbocycles. The van der Waals surface area contributed by atoms with Crippen LogP contribution < -0.4 is 16.3 Å². The van der Waals surface area contributed by atoms with E-state index in [9.17, 15) is 4.79 Å². The van der Waals surface area contributed by atoms with Gasteiger partial charge in [0, 0.05) is 25.5 Å². The molecule has 4 rings (SSSR count). The Labute approximate surface area is 144 Å². The third-order valence-corrected chi connectivity index (χ3v) is 4.29.